The first kappa shape index (κ1) is 63.9. The van der Waals surface area contributed by atoms with Crippen molar-refractivity contribution in [3.63, 3.8) is 0 Å². The summed E-state index contributed by atoms with van der Waals surface area (Å²) in [5.74, 6) is -1.68. The lowest BCUT2D eigenvalue weighted by Crippen LogP contribution is -2.30. The second-order valence-corrected chi connectivity index (χ2v) is 17.7. The molecular weight excluding hydrogens is 880 g/mol. The molecule has 0 aromatic carbocycles. The molecule has 3 atom stereocenters. The minimum absolute atomic E-state index is 0.0763. The molecule has 384 valence electrons. The number of carbonyl (C=O) groups excluding carboxylic acids is 3. The van der Waals surface area contributed by atoms with Gasteiger partial charge in [-0.25, -0.2) is 4.57 Å². The van der Waals surface area contributed by atoms with E-state index >= 15 is 0 Å². The number of rotatable bonds is 45. The summed E-state index contributed by atoms with van der Waals surface area (Å²) in [6.45, 7) is 4.14. The van der Waals surface area contributed by atoms with Crippen molar-refractivity contribution in [3.05, 3.63) is 122 Å². The molecule has 0 fully saturated rings. The van der Waals surface area contributed by atoms with Crippen molar-refractivity contribution in [2.45, 2.75) is 187 Å². The van der Waals surface area contributed by atoms with Crippen LogP contribution in [0.5, 0.6) is 0 Å². The van der Waals surface area contributed by atoms with Gasteiger partial charge in [-0.3, -0.25) is 23.4 Å². The summed E-state index contributed by atoms with van der Waals surface area (Å²) in [7, 11) is -4.78. The van der Waals surface area contributed by atoms with Crippen molar-refractivity contribution in [2.75, 3.05) is 26.4 Å². The Kier molecular flexibility index (Phi) is 46.3. The van der Waals surface area contributed by atoms with Gasteiger partial charge in [0.15, 0.2) is 6.10 Å². The highest BCUT2D eigenvalue weighted by molar-refractivity contribution is 7.47. The van der Waals surface area contributed by atoms with Gasteiger partial charge in [0, 0.05) is 12.8 Å². The number of phosphoric ester groups is 1. The summed E-state index contributed by atoms with van der Waals surface area (Å²) in [5.41, 5.74) is 0. The standard InChI is InChI=1S/C56H89O11P/c1-4-7-10-13-16-19-22-25-26-29-32-35-38-41-44-47-56(60)67-53(49-63-54(58)45-42-39-36-33-30-27-23-20-17-14-11-8-5-2)51-65-68(61,62)64-50-52(48-57)66-55(59)46-43-40-37-34-31-28-24-21-18-15-12-9-6-3/h7,9-12,14,16,18-21,23,25-26,28,31-32,35,41,44,52-53,57H,4-6,8,13,15,17,22,24,27,29-30,33-34,36-40,42-43,45-51H2,1-3H3,(H,61,62)/b10-7-,12-9-,14-11-,19-16-,21-18-,23-20-,26-25-,31-28-,35-32-,44-41-. The highest BCUT2D eigenvalue weighted by atomic mass is 31.2. The van der Waals surface area contributed by atoms with Crippen LogP contribution in [-0.2, 0) is 42.2 Å². The summed E-state index contributed by atoms with van der Waals surface area (Å²) in [6.07, 6.45) is 59.2. The van der Waals surface area contributed by atoms with Gasteiger partial charge in [0.2, 0.25) is 0 Å². The lowest BCUT2D eigenvalue weighted by molar-refractivity contribution is -0.160. The molecule has 12 heteroatoms. The van der Waals surface area contributed by atoms with Crippen molar-refractivity contribution in [1.82, 2.24) is 0 Å². The maximum Gasteiger partial charge on any atom is 0.472 e. The van der Waals surface area contributed by atoms with Gasteiger partial charge in [-0.2, -0.15) is 0 Å². The SMILES string of the molecule is CC/C=C\C/C=C\C/C=C\C/C=C\C/C=C\CC(=O)OC(COC(=O)CCCCCCC/C=C\C/C=C\CCC)COP(=O)(O)OCC(CO)OC(=O)CCCCC/C=C\C/C=C\C/C=C\CC. The third-order valence-corrected chi connectivity index (χ3v) is 10.8. The molecule has 0 aliphatic heterocycles. The molecular formula is C56H89O11P. The number of unbranched alkanes of at least 4 members (excludes halogenated alkanes) is 9. The Bertz CT molecular complexity index is 1600. The minimum atomic E-state index is -4.78. The number of carbonyl (C=O) groups is 3. The molecule has 0 aromatic heterocycles. The third-order valence-electron chi connectivity index (χ3n) is 9.86. The van der Waals surface area contributed by atoms with Crippen LogP contribution in [0.1, 0.15) is 175 Å². The Morgan fingerprint density at radius 3 is 1.31 bits per heavy atom. The number of ether oxygens (including phenoxy) is 3. The Balaban J connectivity index is 4.93. The van der Waals surface area contributed by atoms with E-state index in [1.165, 1.54) is 0 Å². The maximum atomic E-state index is 12.8. The molecule has 68 heavy (non-hydrogen) atoms. The van der Waals surface area contributed by atoms with Crippen LogP contribution in [0.25, 0.3) is 0 Å². The van der Waals surface area contributed by atoms with Crippen molar-refractivity contribution in [2.24, 2.45) is 0 Å². The van der Waals surface area contributed by atoms with E-state index in [0.717, 1.165) is 116 Å². The number of aliphatic hydroxyl groups excluding tert-OH is 1. The van der Waals surface area contributed by atoms with E-state index in [1.54, 1.807) is 6.08 Å². The number of allylic oxidation sites excluding steroid dienone is 19. The zero-order valence-corrected chi connectivity index (χ0v) is 42.9. The molecule has 0 aliphatic carbocycles. The maximum absolute atomic E-state index is 12.8. The molecule has 2 N–H and O–H groups in total. The van der Waals surface area contributed by atoms with Crippen LogP contribution in [0.2, 0.25) is 0 Å². The Hall–Kier alpha value is -4.12. The molecule has 0 aromatic rings. The van der Waals surface area contributed by atoms with Crippen LogP contribution in [0.15, 0.2) is 122 Å². The quantitative estimate of drug-likeness (QED) is 0.0197. The molecule has 0 radical (unpaired) electrons. The average Bonchev–Trinajstić information content (AvgIpc) is 3.32. The van der Waals surface area contributed by atoms with Gasteiger partial charge in [0.25, 0.3) is 0 Å². The van der Waals surface area contributed by atoms with Gasteiger partial charge in [-0.1, -0.05) is 174 Å². The molecule has 11 nitrogen and oxygen atoms in total. The van der Waals surface area contributed by atoms with Crippen LogP contribution in [-0.4, -0.2) is 66.5 Å². The molecule has 0 rings (SSSR count). The van der Waals surface area contributed by atoms with E-state index in [4.69, 9.17) is 23.3 Å². The summed E-state index contributed by atoms with van der Waals surface area (Å²) in [4.78, 5) is 48.2. The summed E-state index contributed by atoms with van der Waals surface area (Å²) < 4.78 is 39.1. The van der Waals surface area contributed by atoms with Crippen LogP contribution in [0.3, 0.4) is 0 Å². The van der Waals surface area contributed by atoms with E-state index in [9.17, 15) is 28.9 Å². The fourth-order valence-corrected chi connectivity index (χ4v) is 6.85. The molecule has 0 spiro atoms. The summed E-state index contributed by atoms with van der Waals surface area (Å²) in [6, 6.07) is 0. The van der Waals surface area contributed by atoms with Crippen LogP contribution >= 0.6 is 7.82 Å². The molecule has 0 saturated heterocycles. The zero-order chi connectivity index (χ0) is 49.9. The number of hydrogen-bond acceptors (Lipinski definition) is 10. The predicted molar refractivity (Wildman–Crippen MR) is 279 cm³/mol. The number of aliphatic hydroxyl groups is 1. The summed E-state index contributed by atoms with van der Waals surface area (Å²) in [5, 5.41) is 9.76. The van der Waals surface area contributed by atoms with E-state index < -0.39 is 64.4 Å². The van der Waals surface area contributed by atoms with E-state index in [2.05, 4.69) is 118 Å². The second kappa shape index (κ2) is 49.3. The Morgan fingerprint density at radius 2 is 0.824 bits per heavy atom. The smallest absolute Gasteiger partial charge is 0.462 e. The molecule has 3 unspecified atom stereocenters. The number of hydrogen-bond donors (Lipinski definition) is 2. The van der Waals surface area contributed by atoms with Crippen LogP contribution in [0.4, 0.5) is 0 Å². The van der Waals surface area contributed by atoms with Crippen molar-refractivity contribution >= 4 is 25.7 Å². The lowest BCUT2D eigenvalue weighted by atomic mass is 10.1. The van der Waals surface area contributed by atoms with E-state index in [0.29, 0.717) is 19.3 Å². The first-order valence-corrected chi connectivity index (χ1v) is 26.9. The van der Waals surface area contributed by atoms with Gasteiger partial charge in [0.1, 0.15) is 12.7 Å². The molecule has 0 bridgehead atoms. The Labute approximate surface area is 411 Å². The van der Waals surface area contributed by atoms with Crippen molar-refractivity contribution < 1.29 is 52.2 Å². The second-order valence-electron chi connectivity index (χ2n) is 16.2. The Morgan fingerprint density at radius 1 is 0.441 bits per heavy atom. The van der Waals surface area contributed by atoms with Crippen LogP contribution < -0.4 is 0 Å². The van der Waals surface area contributed by atoms with Gasteiger partial charge < -0.3 is 24.2 Å². The highest BCUT2D eigenvalue weighted by Crippen LogP contribution is 2.43. The third kappa shape index (κ3) is 47.0. The number of esters is 3. The highest BCUT2D eigenvalue weighted by Gasteiger charge is 2.28. The fraction of sp³-hybridized carbons (Fsp3) is 0.589. The van der Waals surface area contributed by atoms with Crippen molar-refractivity contribution in [3.8, 4) is 0 Å². The van der Waals surface area contributed by atoms with E-state index in [-0.39, 0.29) is 19.3 Å². The van der Waals surface area contributed by atoms with E-state index in [1.807, 2.05) is 18.2 Å². The minimum Gasteiger partial charge on any atom is -0.462 e. The first-order chi connectivity index (χ1) is 33.2. The monoisotopic (exact) mass is 969 g/mol. The zero-order valence-electron chi connectivity index (χ0n) is 42.0. The number of phosphoric acid groups is 1. The topological polar surface area (TPSA) is 155 Å². The summed E-state index contributed by atoms with van der Waals surface area (Å²) >= 11 is 0. The van der Waals surface area contributed by atoms with Gasteiger partial charge >= 0.3 is 25.7 Å². The lowest BCUT2D eigenvalue weighted by Gasteiger charge is -2.21. The van der Waals surface area contributed by atoms with Gasteiger partial charge in [0.05, 0.1) is 26.2 Å². The molecule has 0 saturated carbocycles. The molecule has 0 amide bonds. The normalized spacial score (nSPS) is 14.5. The van der Waals surface area contributed by atoms with Crippen molar-refractivity contribution in [1.29, 1.82) is 0 Å². The molecule has 0 aliphatic rings. The average molecular weight is 969 g/mol. The first-order valence-electron chi connectivity index (χ1n) is 25.4. The largest absolute Gasteiger partial charge is 0.472 e. The molecule has 0 heterocycles. The van der Waals surface area contributed by atoms with Gasteiger partial charge in [-0.05, 0) is 103 Å². The fourth-order valence-electron chi connectivity index (χ4n) is 6.07. The van der Waals surface area contributed by atoms with Gasteiger partial charge in [-0.15, -0.1) is 0 Å². The van der Waals surface area contributed by atoms with Crippen LogP contribution in [0, 0.1) is 0 Å². The predicted octanol–water partition coefficient (Wildman–Crippen LogP) is 14.5.